The molecule has 1 aliphatic heterocycles. The maximum absolute atomic E-state index is 13.6. The number of carbonyl (C=O) groups excluding carboxylic acids is 1. The molecule has 1 amide bonds. The molecule has 0 aliphatic carbocycles. The number of amides is 1. The van der Waals surface area contributed by atoms with Crippen molar-refractivity contribution in [2.24, 2.45) is 5.18 Å². The zero-order chi connectivity index (χ0) is 20.3. The third-order valence-corrected chi connectivity index (χ3v) is 4.48. The lowest BCUT2D eigenvalue weighted by atomic mass is 10.1. The molecule has 3 rings (SSSR count). The summed E-state index contributed by atoms with van der Waals surface area (Å²) < 4.78 is 45.9. The van der Waals surface area contributed by atoms with Crippen molar-refractivity contribution in [3.05, 3.63) is 58.0 Å². The van der Waals surface area contributed by atoms with Crippen molar-refractivity contribution in [1.29, 1.82) is 0 Å². The van der Waals surface area contributed by atoms with Crippen LogP contribution in [0.3, 0.4) is 0 Å². The molecule has 2 aromatic rings. The lowest BCUT2D eigenvalue weighted by molar-refractivity contribution is -0.137. The molecule has 9 heteroatoms. The van der Waals surface area contributed by atoms with Crippen molar-refractivity contribution < 1.29 is 22.7 Å². The van der Waals surface area contributed by atoms with Crippen molar-refractivity contribution in [1.82, 2.24) is 0 Å². The zero-order valence-corrected chi connectivity index (χ0v) is 15.0. The molecular formula is C19H18F3N3O3. The predicted molar refractivity (Wildman–Crippen MR) is 99.1 cm³/mol. The molecule has 28 heavy (non-hydrogen) atoms. The second kappa shape index (κ2) is 7.97. The maximum Gasteiger partial charge on any atom is 0.418 e. The Labute approximate surface area is 159 Å². The molecule has 1 heterocycles. The number of nitrogens with one attached hydrogen (secondary N) is 1. The molecule has 0 bridgehead atoms. The fourth-order valence-corrected chi connectivity index (χ4v) is 2.97. The van der Waals surface area contributed by atoms with Gasteiger partial charge in [0.15, 0.2) is 0 Å². The van der Waals surface area contributed by atoms with E-state index < -0.39 is 17.6 Å². The third-order valence-electron chi connectivity index (χ3n) is 4.48. The molecule has 1 N–H and O–H groups in total. The van der Waals surface area contributed by atoms with Crippen molar-refractivity contribution >= 4 is 23.0 Å². The summed E-state index contributed by atoms with van der Waals surface area (Å²) >= 11 is 0. The summed E-state index contributed by atoms with van der Waals surface area (Å²) in [5, 5.41) is 5.35. The average molecular weight is 393 g/mol. The largest absolute Gasteiger partial charge is 0.418 e. The minimum Gasteiger partial charge on any atom is -0.378 e. The zero-order valence-electron chi connectivity index (χ0n) is 15.0. The van der Waals surface area contributed by atoms with Crippen LogP contribution < -0.4 is 10.2 Å². The van der Waals surface area contributed by atoms with E-state index >= 15 is 0 Å². The minimum absolute atomic E-state index is 0.0233. The van der Waals surface area contributed by atoms with Gasteiger partial charge in [-0.25, -0.2) is 0 Å². The number of benzene rings is 2. The molecular weight excluding hydrogens is 375 g/mol. The van der Waals surface area contributed by atoms with Gasteiger partial charge in [0.25, 0.3) is 5.91 Å². The van der Waals surface area contributed by atoms with Gasteiger partial charge >= 0.3 is 6.18 Å². The van der Waals surface area contributed by atoms with Crippen LogP contribution in [-0.4, -0.2) is 32.2 Å². The van der Waals surface area contributed by atoms with Crippen LogP contribution in [0.15, 0.2) is 41.6 Å². The SMILES string of the molecule is Cc1ccc(NC(=O)c2ccc(N3CCOCC3)c(C(F)(F)F)c2)cc1N=O. The molecule has 1 saturated heterocycles. The lowest BCUT2D eigenvalue weighted by Gasteiger charge is -2.31. The fraction of sp³-hybridized carbons (Fsp3) is 0.316. The van der Waals surface area contributed by atoms with E-state index in [9.17, 15) is 22.9 Å². The molecule has 2 aromatic carbocycles. The van der Waals surface area contributed by atoms with E-state index in [4.69, 9.17) is 4.74 Å². The second-order valence-corrected chi connectivity index (χ2v) is 6.38. The summed E-state index contributed by atoms with van der Waals surface area (Å²) in [4.78, 5) is 24.8. The van der Waals surface area contributed by atoms with Gasteiger partial charge < -0.3 is 15.0 Å². The normalized spacial score (nSPS) is 14.6. The molecule has 1 aliphatic rings. The van der Waals surface area contributed by atoms with Crippen molar-refractivity contribution in [3.63, 3.8) is 0 Å². The first-order chi connectivity index (χ1) is 13.3. The number of alkyl halides is 3. The van der Waals surface area contributed by atoms with Crippen molar-refractivity contribution in [2.45, 2.75) is 13.1 Å². The van der Waals surface area contributed by atoms with E-state index in [0.29, 0.717) is 31.9 Å². The van der Waals surface area contributed by atoms with Gasteiger partial charge in [0.05, 0.1) is 18.8 Å². The maximum atomic E-state index is 13.6. The average Bonchev–Trinajstić information content (AvgIpc) is 2.69. The fourth-order valence-electron chi connectivity index (χ4n) is 2.97. The Morgan fingerprint density at radius 1 is 1.14 bits per heavy atom. The number of rotatable bonds is 4. The van der Waals surface area contributed by atoms with Crippen LogP contribution in [-0.2, 0) is 10.9 Å². The molecule has 0 unspecified atom stereocenters. The Hall–Kier alpha value is -2.94. The summed E-state index contributed by atoms with van der Waals surface area (Å²) in [5.74, 6) is -0.709. The first kappa shape index (κ1) is 19.8. The highest BCUT2D eigenvalue weighted by Gasteiger charge is 2.36. The molecule has 0 radical (unpaired) electrons. The van der Waals surface area contributed by atoms with Crippen LogP contribution in [0.4, 0.5) is 30.2 Å². The van der Waals surface area contributed by atoms with E-state index in [2.05, 4.69) is 10.5 Å². The van der Waals surface area contributed by atoms with Crippen LogP contribution in [0, 0.1) is 11.8 Å². The number of hydrogen-bond donors (Lipinski definition) is 1. The van der Waals surface area contributed by atoms with E-state index in [0.717, 1.165) is 6.07 Å². The van der Waals surface area contributed by atoms with Gasteiger partial charge in [-0.1, -0.05) is 6.07 Å². The first-order valence-corrected chi connectivity index (χ1v) is 8.59. The number of ether oxygens (including phenoxy) is 1. The van der Waals surface area contributed by atoms with Gasteiger partial charge in [0.1, 0.15) is 5.69 Å². The standard InChI is InChI=1S/C19H18F3N3O3/c1-12-2-4-14(11-16(12)24-27)23-18(26)13-3-5-17(15(10-13)19(20,21)22)25-6-8-28-9-7-25/h2-5,10-11H,6-9H2,1H3,(H,23,26). The van der Waals surface area contributed by atoms with Crippen LogP contribution in [0.1, 0.15) is 21.5 Å². The number of hydrogen-bond acceptors (Lipinski definition) is 5. The first-order valence-electron chi connectivity index (χ1n) is 8.59. The Kier molecular flexibility index (Phi) is 5.64. The summed E-state index contributed by atoms with van der Waals surface area (Å²) in [6.45, 7) is 3.07. The van der Waals surface area contributed by atoms with Gasteiger partial charge in [-0.15, -0.1) is 4.91 Å². The highest BCUT2D eigenvalue weighted by atomic mass is 19.4. The summed E-state index contributed by atoms with van der Waals surface area (Å²) in [5.41, 5.74) is 0.0662. The number of morpholine rings is 1. The van der Waals surface area contributed by atoms with Gasteiger partial charge in [0.2, 0.25) is 0 Å². The molecule has 6 nitrogen and oxygen atoms in total. The topological polar surface area (TPSA) is 71.0 Å². The summed E-state index contributed by atoms with van der Waals surface area (Å²) in [6.07, 6.45) is -4.61. The van der Waals surface area contributed by atoms with Crippen LogP contribution >= 0.6 is 0 Å². The molecule has 0 atom stereocenters. The Bertz CT molecular complexity index is 894. The number of nitrogens with zero attached hydrogens (tertiary/aromatic N) is 2. The van der Waals surface area contributed by atoms with Gasteiger partial charge in [-0.2, -0.15) is 13.2 Å². The van der Waals surface area contributed by atoms with E-state index in [-0.39, 0.29) is 22.6 Å². The van der Waals surface area contributed by atoms with Crippen molar-refractivity contribution in [3.8, 4) is 0 Å². The smallest absolute Gasteiger partial charge is 0.378 e. The predicted octanol–water partition coefficient (Wildman–Crippen LogP) is 4.50. The number of anilines is 2. The summed E-state index contributed by atoms with van der Waals surface area (Å²) in [7, 11) is 0. The van der Waals surface area contributed by atoms with Crippen LogP contribution in [0.25, 0.3) is 0 Å². The minimum atomic E-state index is -4.61. The monoisotopic (exact) mass is 393 g/mol. The third kappa shape index (κ3) is 4.30. The van der Waals surface area contributed by atoms with Gasteiger partial charge in [-0.3, -0.25) is 4.79 Å². The highest BCUT2D eigenvalue weighted by Crippen LogP contribution is 2.37. The molecule has 148 valence electrons. The molecule has 0 saturated carbocycles. The van der Waals surface area contributed by atoms with E-state index in [1.165, 1.54) is 18.2 Å². The van der Waals surface area contributed by atoms with Gasteiger partial charge in [0, 0.05) is 30.0 Å². The number of halogens is 3. The quantitative estimate of drug-likeness (QED) is 0.777. The van der Waals surface area contributed by atoms with Crippen molar-refractivity contribution in [2.75, 3.05) is 36.5 Å². The van der Waals surface area contributed by atoms with Crippen LogP contribution in [0.5, 0.6) is 0 Å². The van der Waals surface area contributed by atoms with Gasteiger partial charge in [-0.05, 0) is 48.0 Å². The molecule has 0 spiro atoms. The summed E-state index contributed by atoms with van der Waals surface area (Å²) in [6, 6.07) is 8.00. The lowest BCUT2D eigenvalue weighted by Crippen LogP contribution is -2.37. The highest BCUT2D eigenvalue weighted by molar-refractivity contribution is 6.05. The Morgan fingerprint density at radius 3 is 2.50 bits per heavy atom. The Balaban J connectivity index is 1.89. The van der Waals surface area contributed by atoms with E-state index in [1.807, 2.05) is 0 Å². The van der Waals surface area contributed by atoms with Crippen LogP contribution in [0.2, 0.25) is 0 Å². The Morgan fingerprint density at radius 2 is 1.86 bits per heavy atom. The molecule has 0 aromatic heterocycles. The second-order valence-electron chi connectivity index (χ2n) is 6.38. The number of aryl methyl sites for hydroxylation is 1. The van der Waals surface area contributed by atoms with E-state index in [1.54, 1.807) is 24.0 Å². The number of nitroso groups, excluding NO2 is 1. The molecule has 1 fully saturated rings. The number of carbonyl (C=O) groups is 1.